The Morgan fingerprint density at radius 2 is 1.70 bits per heavy atom. The minimum atomic E-state index is -0.205. The molecule has 0 unspecified atom stereocenters. The fraction of sp³-hybridized carbons (Fsp3) is 0.188. The van der Waals surface area contributed by atoms with Crippen molar-refractivity contribution in [2.75, 3.05) is 31.4 Å². The molecular formula is C16H16Cl2N2O3. The molecule has 0 saturated heterocycles. The van der Waals surface area contributed by atoms with Crippen molar-refractivity contribution in [2.45, 2.75) is 0 Å². The number of benzene rings is 2. The predicted octanol–water partition coefficient (Wildman–Crippen LogP) is 4.06. The van der Waals surface area contributed by atoms with Crippen LogP contribution in [0.5, 0.6) is 11.5 Å². The van der Waals surface area contributed by atoms with Crippen molar-refractivity contribution in [3.8, 4) is 11.5 Å². The Labute approximate surface area is 144 Å². The molecule has 0 aliphatic rings. The van der Waals surface area contributed by atoms with Gasteiger partial charge in [0, 0.05) is 22.8 Å². The third-order valence-electron chi connectivity index (χ3n) is 3.04. The number of methoxy groups -OCH3 is 2. The highest BCUT2D eigenvalue weighted by Gasteiger charge is 2.11. The van der Waals surface area contributed by atoms with Crippen LogP contribution in [0.15, 0.2) is 36.4 Å². The molecule has 0 spiro atoms. The Kier molecular flexibility index (Phi) is 5.96. The lowest BCUT2D eigenvalue weighted by Gasteiger charge is -2.14. The fourth-order valence-electron chi connectivity index (χ4n) is 1.91. The number of rotatable bonds is 6. The molecule has 0 aliphatic carbocycles. The second-order valence-electron chi connectivity index (χ2n) is 4.60. The van der Waals surface area contributed by atoms with Crippen LogP contribution in [0.4, 0.5) is 11.4 Å². The van der Waals surface area contributed by atoms with E-state index in [4.69, 9.17) is 32.7 Å². The van der Waals surface area contributed by atoms with Gasteiger partial charge in [0.2, 0.25) is 5.91 Å². The van der Waals surface area contributed by atoms with Crippen molar-refractivity contribution in [1.82, 2.24) is 0 Å². The standard InChI is InChI=1S/C16H16Cl2N2O3/c1-22-14-8-13(15(23-2)7-12(14)18)19-9-16(21)20-11-5-3-10(17)4-6-11/h3-8,19H,9H2,1-2H3,(H,20,21). The summed E-state index contributed by atoms with van der Waals surface area (Å²) in [4.78, 5) is 12.0. The highest BCUT2D eigenvalue weighted by Crippen LogP contribution is 2.35. The lowest BCUT2D eigenvalue weighted by Crippen LogP contribution is -2.21. The minimum absolute atomic E-state index is 0.0593. The molecule has 2 rings (SSSR count). The van der Waals surface area contributed by atoms with Crippen LogP contribution in [0.3, 0.4) is 0 Å². The lowest BCUT2D eigenvalue weighted by molar-refractivity contribution is -0.114. The Balaban J connectivity index is 2.02. The summed E-state index contributed by atoms with van der Waals surface area (Å²) in [7, 11) is 3.04. The molecule has 0 saturated carbocycles. The van der Waals surface area contributed by atoms with Gasteiger partial charge in [0.05, 0.1) is 31.5 Å². The summed E-state index contributed by atoms with van der Waals surface area (Å²) in [6, 6.07) is 10.2. The number of halogens is 2. The van der Waals surface area contributed by atoms with Crippen molar-refractivity contribution in [3.63, 3.8) is 0 Å². The smallest absolute Gasteiger partial charge is 0.243 e. The van der Waals surface area contributed by atoms with Crippen LogP contribution in [0.1, 0.15) is 0 Å². The fourth-order valence-corrected chi connectivity index (χ4v) is 2.27. The zero-order valence-corrected chi connectivity index (χ0v) is 14.2. The van der Waals surface area contributed by atoms with E-state index in [1.807, 2.05) is 0 Å². The molecule has 1 amide bonds. The van der Waals surface area contributed by atoms with E-state index in [1.54, 1.807) is 36.4 Å². The summed E-state index contributed by atoms with van der Waals surface area (Å²) in [5.74, 6) is 0.812. The predicted molar refractivity (Wildman–Crippen MR) is 93.1 cm³/mol. The Bertz CT molecular complexity index is 690. The summed E-state index contributed by atoms with van der Waals surface area (Å²) < 4.78 is 10.4. The van der Waals surface area contributed by atoms with E-state index in [0.717, 1.165) is 0 Å². The molecule has 2 aromatic carbocycles. The van der Waals surface area contributed by atoms with Crippen molar-refractivity contribution in [2.24, 2.45) is 0 Å². The second kappa shape index (κ2) is 7.94. The number of ether oxygens (including phenoxy) is 2. The highest BCUT2D eigenvalue weighted by molar-refractivity contribution is 6.32. The number of nitrogens with one attached hydrogen (secondary N) is 2. The number of hydrogen-bond donors (Lipinski definition) is 2. The number of hydrogen-bond acceptors (Lipinski definition) is 4. The zero-order chi connectivity index (χ0) is 16.8. The maximum atomic E-state index is 12.0. The molecule has 7 heteroatoms. The molecule has 0 atom stereocenters. The molecule has 23 heavy (non-hydrogen) atoms. The molecule has 2 N–H and O–H groups in total. The quantitative estimate of drug-likeness (QED) is 0.820. The van der Waals surface area contributed by atoms with Crippen LogP contribution < -0.4 is 20.1 Å². The summed E-state index contributed by atoms with van der Waals surface area (Å²) in [5, 5.41) is 6.80. The average molecular weight is 355 g/mol. The van der Waals surface area contributed by atoms with Crippen LogP contribution in [-0.2, 0) is 4.79 Å². The third-order valence-corrected chi connectivity index (χ3v) is 3.59. The van der Waals surface area contributed by atoms with Crippen LogP contribution in [0.25, 0.3) is 0 Å². The van der Waals surface area contributed by atoms with Gasteiger partial charge in [-0.1, -0.05) is 23.2 Å². The van der Waals surface area contributed by atoms with E-state index in [2.05, 4.69) is 10.6 Å². The molecule has 0 aliphatic heterocycles. The van der Waals surface area contributed by atoms with Crippen LogP contribution >= 0.6 is 23.2 Å². The maximum absolute atomic E-state index is 12.0. The Morgan fingerprint density at radius 1 is 1.04 bits per heavy atom. The molecule has 0 heterocycles. The van der Waals surface area contributed by atoms with Crippen LogP contribution in [0, 0.1) is 0 Å². The van der Waals surface area contributed by atoms with Gasteiger partial charge in [-0.2, -0.15) is 0 Å². The van der Waals surface area contributed by atoms with Gasteiger partial charge in [0.1, 0.15) is 11.5 Å². The number of carbonyl (C=O) groups excluding carboxylic acids is 1. The highest BCUT2D eigenvalue weighted by atomic mass is 35.5. The zero-order valence-electron chi connectivity index (χ0n) is 12.7. The van der Waals surface area contributed by atoms with Gasteiger partial charge in [-0.3, -0.25) is 4.79 Å². The Morgan fingerprint density at radius 3 is 2.30 bits per heavy atom. The summed E-state index contributed by atoms with van der Waals surface area (Å²) in [6.07, 6.45) is 0. The summed E-state index contributed by atoms with van der Waals surface area (Å²) in [5.41, 5.74) is 1.28. The van der Waals surface area contributed by atoms with Crippen molar-refractivity contribution in [3.05, 3.63) is 46.4 Å². The summed E-state index contributed by atoms with van der Waals surface area (Å²) in [6.45, 7) is 0.0593. The largest absolute Gasteiger partial charge is 0.495 e. The van der Waals surface area contributed by atoms with Crippen LogP contribution in [-0.4, -0.2) is 26.7 Å². The van der Waals surface area contributed by atoms with Crippen molar-refractivity contribution >= 4 is 40.5 Å². The monoisotopic (exact) mass is 354 g/mol. The van der Waals surface area contributed by atoms with E-state index < -0.39 is 0 Å². The first-order chi connectivity index (χ1) is 11.0. The van der Waals surface area contributed by atoms with Gasteiger partial charge in [0.15, 0.2) is 0 Å². The van der Waals surface area contributed by atoms with E-state index >= 15 is 0 Å². The number of anilines is 2. The van der Waals surface area contributed by atoms with Gasteiger partial charge >= 0.3 is 0 Å². The molecule has 0 aromatic heterocycles. The third kappa shape index (κ3) is 4.68. The molecule has 0 radical (unpaired) electrons. The van der Waals surface area contributed by atoms with Crippen molar-refractivity contribution in [1.29, 1.82) is 0 Å². The second-order valence-corrected chi connectivity index (χ2v) is 5.44. The van der Waals surface area contributed by atoms with Crippen molar-refractivity contribution < 1.29 is 14.3 Å². The lowest BCUT2D eigenvalue weighted by atomic mass is 10.2. The average Bonchev–Trinajstić information content (AvgIpc) is 2.55. The van der Waals surface area contributed by atoms with Crippen LogP contribution in [0.2, 0.25) is 10.0 Å². The first kappa shape index (κ1) is 17.2. The number of carbonyl (C=O) groups is 1. The van der Waals surface area contributed by atoms with E-state index in [0.29, 0.717) is 32.9 Å². The normalized spacial score (nSPS) is 10.1. The number of amides is 1. The van der Waals surface area contributed by atoms with E-state index in [-0.39, 0.29) is 12.5 Å². The van der Waals surface area contributed by atoms with Gasteiger partial charge in [-0.25, -0.2) is 0 Å². The first-order valence-corrected chi connectivity index (χ1v) is 7.50. The minimum Gasteiger partial charge on any atom is -0.495 e. The molecule has 0 bridgehead atoms. The van der Waals surface area contributed by atoms with Gasteiger partial charge in [-0.15, -0.1) is 0 Å². The first-order valence-electron chi connectivity index (χ1n) is 6.74. The van der Waals surface area contributed by atoms with Gasteiger partial charge in [-0.05, 0) is 24.3 Å². The van der Waals surface area contributed by atoms with E-state index in [1.165, 1.54) is 14.2 Å². The van der Waals surface area contributed by atoms with E-state index in [9.17, 15) is 4.79 Å². The van der Waals surface area contributed by atoms with Gasteiger partial charge in [0.25, 0.3) is 0 Å². The topological polar surface area (TPSA) is 59.6 Å². The molecule has 5 nitrogen and oxygen atoms in total. The molecular weight excluding hydrogens is 339 g/mol. The Hall–Kier alpha value is -2.11. The molecule has 2 aromatic rings. The van der Waals surface area contributed by atoms with Gasteiger partial charge < -0.3 is 20.1 Å². The summed E-state index contributed by atoms with van der Waals surface area (Å²) >= 11 is 11.8. The maximum Gasteiger partial charge on any atom is 0.243 e. The SMILES string of the molecule is COc1cc(NCC(=O)Nc2ccc(Cl)cc2)c(OC)cc1Cl. The molecule has 122 valence electrons. The molecule has 0 fully saturated rings.